The largest absolute Gasteiger partial charge is 0.486 e. The Morgan fingerprint density at radius 3 is 2.32 bits per heavy atom. The van der Waals surface area contributed by atoms with Gasteiger partial charge in [0.05, 0.1) is 21.7 Å². The molecule has 3 heterocycles. The summed E-state index contributed by atoms with van der Waals surface area (Å²) in [5.41, 5.74) is 2.74. The molecular formula is C30H26N4O5S2. The molecule has 0 aliphatic carbocycles. The van der Waals surface area contributed by atoms with Gasteiger partial charge in [0.25, 0.3) is 5.91 Å². The molecule has 0 spiro atoms. The predicted molar refractivity (Wildman–Crippen MR) is 157 cm³/mol. The highest BCUT2D eigenvalue weighted by molar-refractivity contribution is 7.89. The maximum absolute atomic E-state index is 13.9. The normalized spacial score (nSPS) is 12.9. The summed E-state index contributed by atoms with van der Waals surface area (Å²) in [7, 11) is -2.22. The molecule has 9 nitrogen and oxygen atoms in total. The minimum atomic E-state index is -3.76. The molecule has 41 heavy (non-hydrogen) atoms. The third-order valence-electron chi connectivity index (χ3n) is 6.64. The summed E-state index contributed by atoms with van der Waals surface area (Å²) < 4.78 is 40.0. The minimum Gasteiger partial charge on any atom is -0.486 e. The van der Waals surface area contributed by atoms with E-state index in [1.165, 1.54) is 47.0 Å². The van der Waals surface area contributed by atoms with E-state index in [-0.39, 0.29) is 23.9 Å². The number of rotatable bonds is 8. The van der Waals surface area contributed by atoms with Crippen LogP contribution in [0.1, 0.15) is 21.5 Å². The number of carbonyl (C=O) groups is 1. The smallest absolute Gasteiger partial charge is 0.260 e. The molecule has 0 saturated carbocycles. The summed E-state index contributed by atoms with van der Waals surface area (Å²) in [6.07, 6.45) is 3.37. The molecule has 208 valence electrons. The van der Waals surface area contributed by atoms with Crippen molar-refractivity contribution in [3.63, 3.8) is 0 Å². The zero-order chi connectivity index (χ0) is 28.4. The number of thiazole rings is 1. The van der Waals surface area contributed by atoms with Crippen molar-refractivity contribution in [3.8, 4) is 11.5 Å². The number of hydrogen-bond acceptors (Lipinski definition) is 8. The number of aromatic nitrogens is 2. The number of ether oxygens (including phenoxy) is 2. The Hall–Kier alpha value is -4.32. The highest BCUT2D eigenvalue weighted by atomic mass is 32.2. The van der Waals surface area contributed by atoms with Crippen LogP contribution in [-0.4, -0.2) is 48.9 Å². The van der Waals surface area contributed by atoms with E-state index in [9.17, 15) is 13.2 Å². The number of fused-ring (bicyclic) bond motifs is 2. The lowest BCUT2D eigenvalue weighted by Gasteiger charge is -2.21. The van der Waals surface area contributed by atoms with Gasteiger partial charge < -0.3 is 9.47 Å². The van der Waals surface area contributed by atoms with Gasteiger partial charge >= 0.3 is 0 Å². The van der Waals surface area contributed by atoms with Crippen molar-refractivity contribution < 1.29 is 22.7 Å². The molecule has 0 unspecified atom stereocenters. The second-order valence-electron chi connectivity index (χ2n) is 9.48. The average molecular weight is 587 g/mol. The number of sulfonamides is 1. The maximum Gasteiger partial charge on any atom is 0.260 e. The van der Waals surface area contributed by atoms with Crippen molar-refractivity contribution in [1.29, 1.82) is 0 Å². The number of benzene rings is 3. The van der Waals surface area contributed by atoms with Crippen LogP contribution < -0.4 is 14.4 Å². The monoisotopic (exact) mass is 586 g/mol. The van der Waals surface area contributed by atoms with Gasteiger partial charge in [0, 0.05) is 43.7 Å². The topological polar surface area (TPSA) is 102 Å². The third kappa shape index (κ3) is 5.64. The number of hydrogen-bond donors (Lipinski definition) is 0. The molecule has 1 aliphatic rings. The van der Waals surface area contributed by atoms with E-state index >= 15 is 0 Å². The van der Waals surface area contributed by atoms with E-state index in [2.05, 4.69) is 4.98 Å². The molecule has 1 aliphatic heterocycles. The van der Waals surface area contributed by atoms with Crippen molar-refractivity contribution in [2.45, 2.75) is 18.0 Å². The van der Waals surface area contributed by atoms with Crippen LogP contribution in [0.2, 0.25) is 0 Å². The molecule has 1 amide bonds. The van der Waals surface area contributed by atoms with Gasteiger partial charge in [0.2, 0.25) is 10.0 Å². The molecule has 0 radical (unpaired) electrons. The zero-order valence-corrected chi connectivity index (χ0v) is 23.8. The highest BCUT2D eigenvalue weighted by Gasteiger charge is 2.25. The predicted octanol–water partition coefficient (Wildman–Crippen LogP) is 5.13. The van der Waals surface area contributed by atoms with Gasteiger partial charge in [-0.3, -0.25) is 14.7 Å². The Morgan fingerprint density at radius 1 is 0.902 bits per heavy atom. The zero-order valence-electron chi connectivity index (χ0n) is 22.1. The van der Waals surface area contributed by atoms with Gasteiger partial charge in [-0.05, 0) is 41.5 Å². The van der Waals surface area contributed by atoms with Gasteiger partial charge in [0.15, 0.2) is 16.6 Å². The molecule has 0 bridgehead atoms. The molecule has 5 aromatic rings. The highest BCUT2D eigenvalue weighted by Crippen LogP contribution is 2.39. The molecule has 3 aromatic carbocycles. The van der Waals surface area contributed by atoms with Crippen LogP contribution in [-0.2, 0) is 23.1 Å². The van der Waals surface area contributed by atoms with Crippen molar-refractivity contribution in [3.05, 3.63) is 108 Å². The van der Waals surface area contributed by atoms with Crippen molar-refractivity contribution in [2.24, 2.45) is 0 Å². The molecule has 11 heteroatoms. The molecular weight excluding hydrogens is 560 g/mol. The number of pyridine rings is 1. The molecule has 0 fully saturated rings. The lowest BCUT2D eigenvalue weighted by molar-refractivity contribution is 0.0985. The summed E-state index contributed by atoms with van der Waals surface area (Å²) in [5.74, 6) is 0.963. The summed E-state index contributed by atoms with van der Waals surface area (Å²) in [6, 6.07) is 22.8. The lowest BCUT2D eigenvalue weighted by atomic mass is 10.2. The van der Waals surface area contributed by atoms with E-state index in [1.807, 2.05) is 54.6 Å². The first kappa shape index (κ1) is 26.9. The van der Waals surface area contributed by atoms with Crippen LogP contribution in [0.3, 0.4) is 0 Å². The average Bonchev–Trinajstić information content (AvgIpc) is 3.42. The van der Waals surface area contributed by atoms with Gasteiger partial charge in [-0.15, -0.1) is 0 Å². The Bertz CT molecular complexity index is 1750. The van der Waals surface area contributed by atoms with E-state index in [0.29, 0.717) is 40.9 Å². The van der Waals surface area contributed by atoms with Crippen LogP contribution in [0.15, 0.2) is 96.2 Å². The first-order chi connectivity index (χ1) is 19.9. The Morgan fingerprint density at radius 2 is 1.61 bits per heavy atom. The van der Waals surface area contributed by atoms with Crippen LogP contribution in [0.4, 0.5) is 5.13 Å². The Labute approximate surface area is 241 Å². The van der Waals surface area contributed by atoms with Crippen molar-refractivity contribution >= 4 is 42.6 Å². The summed E-state index contributed by atoms with van der Waals surface area (Å²) >= 11 is 1.37. The van der Waals surface area contributed by atoms with Crippen LogP contribution >= 0.6 is 11.3 Å². The summed E-state index contributed by atoms with van der Waals surface area (Å²) in [6.45, 7) is 1.41. The molecule has 0 N–H and O–H groups in total. The van der Waals surface area contributed by atoms with E-state index < -0.39 is 10.0 Å². The second-order valence-corrected chi connectivity index (χ2v) is 12.5. The molecule has 0 saturated heterocycles. The quantitative estimate of drug-likeness (QED) is 0.248. The maximum atomic E-state index is 13.9. The van der Waals surface area contributed by atoms with Crippen molar-refractivity contribution in [1.82, 2.24) is 14.3 Å². The molecule has 6 rings (SSSR count). The fourth-order valence-electron chi connectivity index (χ4n) is 4.50. The molecule has 2 aromatic heterocycles. The van der Waals surface area contributed by atoms with Gasteiger partial charge in [-0.2, -0.15) is 4.31 Å². The lowest BCUT2D eigenvalue weighted by Crippen LogP contribution is -2.30. The second kappa shape index (κ2) is 11.3. The van der Waals surface area contributed by atoms with E-state index in [1.54, 1.807) is 17.3 Å². The number of amides is 1. The fraction of sp³-hybridized carbons (Fsp3) is 0.167. The van der Waals surface area contributed by atoms with E-state index in [4.69, 9.17) is 14.5 Å². The summed E-state index contributed by atoms with van der Waals surface area (Å²) in [4.78, 5) is 24.5. The standard InChI is InChI=1S/C30H26N4O5S2/c1-33(19-21-6-3-2-4-7-21)41(36,37)24-11-9-23(10-12-24)29(35)34(20-22-8-5-13-31-18-22)30-32-25-16-26-27(17-28(25)40-30)39-15-14-38-26/h2-13,16-18H,14-15,19-20H2,1H3. The number of nitrogens with zero attached hydrogens (tertiary/aromatic N) is 4. The van der Waals surface area contributed by atoms with Crippen LogP contribution in [0.5, 0.6) is 11.5 Å². The first-order valence-electron chi connectivity index (χ1n) is 12.9. The summed E-state index contributed by atoms with van der Waals surface area (Å²) in [5, 5.41) is 0.496. The first-order valence-corrected chi connectivity index (χ1v) is 15.2. The van der Waals surface area contributed by atoms with E-state index in [0.717, 1.165) is 15.8 Å². The number of carbonyl (C=O) groups excluding carboxylic acids is 1. The van der Waals surface area contributed by atoms with Gasteiger partial charge in [-0.25, -0.2) is 13.4 Å². The Kier molecular flexibility index (Phi) is 7.39. The van der Waals surface area contributed by atoms with Gasteiger partial charge in [-0.1, -0.05) is 47.7 Å². The van der Waals surface area contributed by atoms with Crippen LogP contribution in [0, 0.1) is 0 Å². The Balaban J connectivity index is 1.30. The third-order valence-corrected chi connectivity index (χ3v) is 9.50. The minimum absolute atomic E-state index is 0.108. The molecule has 0 atom stereocenters. The fourth-order valence-corrected chi connectivity index (χ4v) is 6.63. The van der Waals surface area contributed by atoms with Gasteiger partial charge in [0.1, 0.15) is 13.2 Å². The SMILES string of the molecule is CN(Cc1ccccc1)S(=O)(=O)c1ccc(C(=O)N(Cc2cccnc2)c2nc3cc4c(cc3s2)OCCO4)cc1. The van der Waals surface area contributed by atoms with Crippen molar-refractivity contribution in [2.75, 3.05) is 25.2 Å². The number of anilines is 1. The van der Waals surface area contributed by atoms with Crippen LogP contribution in [0.25, 0.3) is 10.2 Å².